The van der Waals surface area contributed by atoms with Gasteiger partial charge in [0.15, 0.2) is 9.84 Å². The van der Waals surface area contributed by atoms with Gasteiger partial charge in [0.25, 0.3) is 0 Å². The summed E-state index contributed by atoms with van der Waals surface area (Å²) in [6.45, 7) is 0.563. The summed E-state index contributed by atoms with van der Waals surface area (Å²) in [7, 11) is -1.53. The molecule has 1 saturated heterocycles. The number of ether oxygens (including phenoxy) is 1. The van der Waals surface area contributed by atoms with Crippen molar-refractivity contribution < 1.29 is 17.9 Å². The fourth-order valence-corrected chi connectivity index (χ4v) is 4.24. The van der Waals surface area contributed by atoms with Crippen molar-refractivity contribution in [2.45, 2.75) is 31.8 Å². The summed E-state index contributed by atoms with van der Waals surface area (Å²) in [5.74, 6) is 0.221. The number of carbonyl (C=O) groups is 1. The molecule has 5 nitrogen and oxygen atoms in total. The first-order chi connectivity index (χ1) is 10.00. The molecule has 1 atom stereocenters. The molecule has 1 aromatic rings. The monoisotopic (exact) mass is 311 g/mol. The first kappa shape index (κ1) is 16.0. The number of methoxy groups -OCH3 is 1. The number of rotatable bonds is 5. The molecule has 0 saturated carbocycles. The highest BCUT2D eigenvalue weighted by Gasteiger charge is 2.24. The van der Waals surface area contributed by atoms with Gasteiger partial charge in [-0.05, 0) is 24.0 Å². The molecule has 0 amide bonds. The average Bonchev–Trinajstić information content (AvgIpc) is 2.45. The molecule has 2 rings (SSSR count). The number of benzene rings is 1. The number of carbonyl (C=O) groups excluding carboxylic acids is 1. The van der Waals surface area contributed by atoms with Crippen molar-refractivity contribution in [3.8, 4) is 0 Å². The first-order valence-corrected chi connectivity index (χ1v) is 8.90. The second-order valence-corrected chi connectivity index (χ2v) is 7.58. The lowest BCUT2D eigenvalue weighted by molar-refractivity contribution is -0.139. The average molecular weight is 311 g/mol. The number of nitrogens with one attached hydrogen (secondary N) is 1. The van der Waals surface area contributed by atoms with Gasteiger partial charge in [0.1, 0.15) is 0 Å². The van der Waals surface area contributed by atoms with E-state index in [2.05, 4.69) is 5.32 Å². The Kier molecular flexibility index (Phi) is 5.36. The highest BCUT2D eigenvalue weighted by molar-refractivity contribution is 7.91. The fraction of sp³-hybridized carbons (Fsp3) is 0.533. The number of esters is 1. The second kappa shape index (κ2) is 7.04. The van der Waals surface area contributed by atoms with Crippen molar-refractivity contribution in [1.82, 2.24) is 5.32 Å². The van der Waals surface area contributed by atoms with Gasteiger partial charge in [-0.2, -0.15) is 0 Å². The Labute approximate surface area is 125 Å². The Morgan fingerprint density at radius 3 is 2.71 bits per heavy atom. The van der Waals surface area contributed by atoms with E-state index >= 15 is 0 Å². The van der Waals surface area contributed by atoms with Crippen LogP contribution in [-0.2, 0) is 32.3 Å². The maximum Gasteiger partial charge on any atom is 0.309 e. The summed E-state index contributed by atoms with van der Waals surface area (Å²) in [5, 5.41) is 3.29. The molecule has 1 unspecified atom stereocenters. The molecule has 0 aromatic heterocycles. The Hall–Kier alpha value is -1.40. The maximum absolute atomic E-state index is 11.6. The predicted molar refractivity (Wildman–Crippen MR) is 80.7 cm³/mol. The van der Waals surface area contributed by atoms with Gasteiger partial charge in [0, 0.05) is 12.6 Å². The van der Waals surface area contributed by atoms with E-state index in [-0.39, 0.29) is 24.2 Å². The first-order valence-electron chi connectivity index (χ1n) is 7.07. The van der Waals surface area contributed by atoms with E-state index in [0.29, 0.717) is 18.7 Å². The molecule has 1 aliphatic rings. The minimum absolute atomic E-state index is 0.00469. The third kappa shape index (κ3) is 4.82. The number of hydrogen-bond donors (Lipinski definition) is 1. The van der Waals surface area contributed by atoms with Gasteiger partial charge in [-0.15, -0.1) is 0 Å². The Balaban J connectivity index is 1.98. The molecule has 116 valence electrons. The zero-order valence-corrected chi connectivity index (χ0v) is 13.0. The van der Waals surface area contributed by atoms with Crippen LogP contribution in [0.2, 0.25) is 0 Å². The predicted octanol–water partition coefficient (Wildman–Crippen LogP) is 1.07. The standard InChI is InChI=1S/C15H21NO4S/c1-20-15(17)9-12-5-2-3-6-13(12)10-16-14-7-4-8-21(18,19)11-14/h2-3,5-6,14,16H,4,7-11H2,1H3. The third-order valence-corrected chi connectivity index (χ3v) is 5.55. The Morgan fingerprint density at radius 1 is 1.33 bits per heavy atom. The van der Waals surface area contributed by atoms with E-state index < -0.39 is 9.84 Å². The van der Waals surface area contributed by atoms with E-state index in [0.717, 1.165) is 17.5 Å². The molecule has 21 heavy (non-hydrogen) atoms. The summed E-state index contributed by atoms with van der Waals surface area (Å²) in [6, 6.07) is 7.63. The van der Waals surface area contributed by atoms with Crippen LogP contribution in [0.15, 0.2) is 24.3 Å². The molecular formula is C15H21NO4S. The van der Waals surface area contributed by atoms with Crippen LogP contribution >= 0.6 is 0 Å². The van der Waals surface area contributed by atoms with Crippen molar-refractivity contribution in [2.24, 2.45) is 0 Å². The maximum atomic E-state index is 11.6. The van der Waals surface area contributed by atoms with Crippen LogP contribution in [0, 0.1) is 0 Å². The lowest BCUT2D eigenvalue weighted by Gasteiger charge is -2.23. The smallest absolute Gasteiger partial charge is 0.309 e. The van der Waals surface area contributed by atoms with Crippen LogP contribution in [0.3, 0.4) is 0 Å². The highest BCUT2D eigenvalue weighted by Crippen LogP contribution is 2.14. The minimum Gasteiger partial charge on any atom is -0.469 e. The second-order valence-electron chi connectivity index (χ2n) is 5.36. The molecule has 0 radical (unpaired) electrons. The zero-order valence-electron chi connectivity index (χ0n) is 12.2. The van der Waals surface area contributed by atoms with Gasteiger partial charge in [-0.1, -0.05) is 24.3 Å². The van der Waals surface area contributed by atoms with Crippen molar-refractivity contribution >= 4 is 15.8 Å². The molecule has 1 fully saturated rings. The molecule has 6 heteroatoms. The lowest BCUT2D eigenvalue weighted by atomic mass is 10.0. The molecule has 1 aliphatic heterocycles. The topological polar surface area (TPSA) is 72.5 Å². The SMILES string of the molecule is COC(=O)Cc1ccccc1CNC1CCCS(=O)(=O)C1. The van der Waals surface area contributed by atoms with Gasteiger partial charge in [0.2, 0.25) is 0 Å². The number of hydrogen-bond acceptors (Lipinski definition) is 5. The number of sulfone groups is 1. The highest BCUT2D eigenvalue weighted by atomic mass is 32.2. The van der Waals surface area contributed by atoms with Gasteiger partial charge in [0.05, 0.1) is 25.0 Å². The minimum atomic E-state index is -2.91. The van der Waals surface area contributed by atoms with E-state index in [1.54, 1.807) is 0 Å². The van der Waals surface area contributed by atoms with Crippen LogP contribution in [0.25, 0.3) is 0 Å². The Morgan fingerprint density at radius 2 is 2.05 bits per heavy atom. The summed E-state index contributed by atoms with van der Waals surface area (Å²) < 4.78 is 27.9. The summed E-state index contributed by atoms with van der Waals surface area (Å²) >= 11 is 0. The van der Waals surface area contributed by atoms with Crippen molar-refractivity contribution in [3.63, 3.8) is 0 Å². The summed E-state index contributed by atoms with van der Waals surface area (Å²) in [5.41, 5.74) is 1.92. The lowest BCUT2D eigenvalue weighted by Crippen LogP contribution is -2.39. The van der Waals surface area contributed by atoms with Crippen molar-refractivity contribution in [3.05, 3.63) is 35.4 Å². The molecular weight excluding hydrogens is 290 g/mol. The molecule has 1 heterocycles. The molecule has 0 bridgehead atoms. The van der Waals surface area contributed by atoms with Crippen LogP contribution < -0.4 is 5.32 Å². The largest absolute Gasteiger partial charge is 0.469 e. The quantitative estimate of drug-likeness (QED) is 0.824. The van der Waals surface area contributed by atoms with Crippen LogP contribution in [0.4, 0.5) is 0 Å². The normalized spacial score (nSPS) is 20.9. The van der Waals surface area contributed by atoms with E-state index in [9.17, 15) is 13.2 Å². The third-order valence-electron chi connectivity index (χ3n) is 3.73. The van der Waals surface area contributed by atoms with Crippen molar-refractivity contribution in [1.29, 1.82) is 0 Å². The van der Waals surface area contributed by atoms with Crippen LogP contribution in [0.5, 0.6) is 0 Å². The fourth-order valence-electron chi connectivity index (χ4n) is 2.57. The van der Waals surface area contributed by atoms with Gasteiger partial charge in [-0.25, -0.2) is 8.42 Å². The van der Waals surface area contributed by atoms with Gasteiger partial charge in [-0.3, -0.25) is 4.79 Å². The van der Waals surface area contributed by atoms with Crippen molar-refractivity contribution in [2.75, 3.05) is 18.6 Å². The molecule has 1 aromatic carbocycles. The zero-order chi connectivity index (χ0) is 15.3. The summed E-state index contributed by atoms with van der Waals surface area (Å²) in [6.07, 6.45) is 1.82. The van der Waals surface area contributed by atoms with Crippen LogP contribution in [-0.4, -0.2) is 39.0 Å². The Bertz CT molecular complexity index is 597. The molecule has 1 N–H and O–H groups in total. The van der Waals surface area contributed by atoms with Crippen LogP contribution in [0.1, 0.15) is 24.0 Å². The van der Waals surface area contributed by atoms with E-state index in [1.165, 1.54) is 7.11 Å². The molecule has 0 spiro atoms. The van der Waals surface area contributed by atoms with E-state index in [1.807, 2.05) is 24.3 Å². The van der Waals surface area contributed by atoms with Gasteiger partial charge >= 0.3 is 5.97 Å². The summed E-state index contributed by atoms with van der Waals surface area (Å²) in [4.78, 5) is 11.4. The van der Waals surface area contributed by atoms with Gasteiger partial charge < -0.3 is 10.1 Å². The van der Waals surface area contributed by atoms with E-state index in [4.69, 9.17) is 4.74 Å². The molecule has 0 aliphatic carbocycles.